The fraction of sp³-hybridized carbons (Fsp3) is 0.632. The normalized spacial score (nSPS) is 12.8. The molecule has 3 amide bonds. The average molecular weight is 855 g/mol. The number of carboxylic acids is 1. The number of ether oxygens (including phenoxy) is 2. The minimum atomic E-state index is -1.22. The van der Waals surface area contributed by atoms with Gasteiger partial charge in [-0.15, -0.1) is 5.75 Å². The van der Waals surface area contributed by atoms with Crippen LogP contribution in [0, 0.1) is 0 Å². The fourth-order valence-corrected chi connectivity index (χ4v) is 3.31. The van der Waals surface area contributed by atoms with Crippen molar-refractivity contribution in [2.75, 3.05) is 23.9 Å². The van der Waals surface area contributed by atoms with Crippen LogP contribution in [0.2, 0.25) is 0 Å². The van der Waals surface area contributed by atoms with Gasteiger partial charge in [0, 0.05) is 26.2 Å². The number of aliphatic carboxylic acids is 1. The molecule has 0 rings (SSSR count). The molecular formula is C19H29FmN3O8PdS2-2. The van der Waals surface area contributed by atoms with Gasteiger partial charge in [0.1, 0.15) is 24.3 Å². The number of thioether (sulfide) groups is 1. The zero-order chi connectivity index (χ0) is 24.7. The quantitative estimate of drug-likeness (QED) is 0.0333. The van der Waals surface area contributed by atoms with Crippen molar-refractivity contribution in [3.05, 3.63) is 12.7 Å². The van der Waals surface area contributed by atoms with Crippen LogP contribution >= 0.6 is 11.8 Å². The Morgan fingerprint density at radius 2 is 1.79 bits per heavy atom. The first-order chi connectivity index (χ1) is 14.9. The molecule has 15 heteroatoms. The largest absolute Gasteiger partial charge is 0.790 e. The fourth-order valence-electron chi connectivity index (χ4n) is 2.04. The molecule has 0 saturated carbocycles. The maximum absolute atomic E-state index is 12.6. The molecule has 0 fully saturated rings. The first kappa shape index (κ1) is 35.8. The van der Waals surface area contributed by atoms with Gasteiger partial charge in [-0.3, -0.25) is 9.59 Å². The zero-order valence-corrected chi connectivity index (χ0v) is 24.4. The number of rotatable bonds is 15. The third-order valence-corrected chi connectivity index (χ3v) is 4.91. The van der Waals surface area contributed by atoms with E-state index in [9.17, 15) is 24.0 Å². The van der Waals surface area contributed by atoms with Crippen molar-refractivity contribution in [2.24, 2.45) is 0 Å². The third kappa shape index (κ3) is 16.0. The van der Waals surface area contributed by atoms with Gasteiger partial charge in [0.25, 0.3) is 0 Å². The van der Waals surface area contributed by atoms with Crippen LogP contribution in [0.15, 0.2) is 12.7 Å². The Balaban J connectivity index is -0.00000480. The van der Waals surface area contributed by atoms with Crippen LogP contribution < -0.4 is 16.0 Å². The maximum atomic E-state index is 12.6. The van der Waals surface area contributed by atoms with E-state index in [0.29, 0.717) is 0 Å². The van der Waals surface area contributed by atoms with E-state index < -0.39 is 47.7 Å². The van der Waals surface area contributed by atoms with Crippen LogP contribution in [-0.2, 0) is 61.7 Å². The molecule has 0 aromatic heterocycles. The molecule has 0 saturated heterocycles. The van der Waals surface area contributed by atoms with Gasteiger partial charge in [-0.1, -0.05) is 12.7 Å². The van der Waals surface area contributed by atoms with E-state index in [1.165, 1.54) is 12.5 Å². The van der Waals surface area contributed by atoms with Crippen molar-refractivity contribution in [1.29, 1.82) is 0 Å². The number of alkyl carbamates (subject to hydrolysis) is 1. The zero-order valence-electron chi connectivity index (χ0n) is 18.8. The van der Waals surface area contributed by atoms with Gasteiger partial charge in [-0.25, -0.2) is 9.59 Å². The predicted octanol–water partition coefficient (Wildman–Crippen LogP) is -0.129. The Bertz CT molecular complexity index is 682. The summed E-state index contributed by atoms with van der Waals surface area (Å²) in [6.45, 7) is 8.37. The van der Waals surface area contributed by atoms with E-state index in [1.807, 2.05) is 5.32 Å². The van der Waals surface area contributed by atoms with Gasteiger partial charge in [-0.05, 0) is 32.9 Å². The van der Waals surface area contributed by atoms with E-state index in [1.54, 1.807) is 20.8 Å². The Kier molecular flexibility index (Phi) is 19.7. The number of nitrogens with one attached hydrogen (secondary N) is 3. The van der Waals surface area contributed by atoms with Crippen molar-refractivity contribution in [1.82, 2.24) is 16.0 Å². The van der Waals surface area contributed by atoms with E-state index in [-0.39, 0.29) is 50.7 Å². The number of carbonyl (C=O) groups is 4. The van der Waals surface area contributed by atoms with Gasteiger partial charge in [0.05, 0.1) is 6.04 Å². The molecule has 0 aromatic rings. The SMILES string of the molecule is C=CCOC(=O)[C@H](CCSC[C@H](N[C-]=O)C(=O)O)NC(=O)[C@H](C[S-])NC(=O)OC(C)(C)C.[Fm].[Pd]. The number of carboxylic acid groups (broad SMARTS) is 1. The van der Waals surface area contributed by atoms with Crippen LogP contribution in [0.1, 0.15) is 27.2 Å². The summed E-state index contributed by atoms with van der Waals surface area (Å²) in [4.78, 5) is 58.2. The molecule has 0 unspecified atom stereocenters. The minimum absolute atomic E-state index is 0. The predicted molar refractivity (Wildman–Crippen MR) is 121 cm³/mol. The maximum Gasteiger partial charge on any atom is 0.408 e. The molecule has 0 heterocycles. The molecular weight excluding hydrogens is 826 g/mol. The Hall–Kier alpha value is -2.75. The second-order valence-corrected chi connectivity index (χ2v) is 8.83. The van der Waals surface area contributed by atoms with Crippen molar-refractivity contribution < 1.29 is 59.0 Å². The summed E-state index contributed by atoms with van der Waals surface area (Å²) in [6, 6.07) is -3.33. The molecule has 204 valence electrons. The van der Waals surface area contributed by atoms with E-state index in [0.717, 1.165) is 11.8 Å². The molecule has 0 aliphatic rings. The van der Waals surface area contributed by atoms with Gasteiger partial charge in [-0.2, -0.15) is 18.2 Å². The van der Waals surface area contributed by atoms with Crippen LogP contribution in [0.3, 0.4) is 0 Å². The average Bonchev–Trinajstić information content (AvgIpc) is 2.69. The Morgan fingerprint density at radius 1 is 1.18 bits per heavy atom. The topological polar surface area (TPSA) is 160 Å². The monoisotopic (exact) mass is 854 g/mol. The van der Waals surface area contributed by atoms with Crippen LogP contribution in [-0.4, -0.2) is 83.0 Å². The molecule has 34 heavy (non-hydrogen) atoms. The van der Waals surface area contributed by atoms with E-state index >= 15 is 0 Å². The summed E-state index contributed by atoms with van der Waals surface area (Å²) in [5, 5.41) is 15.9. The Labute approximate surface area is 216 Å². The van der Waals surface area contributed by atoms with E-state index in [2.05, 4.69) is 17.2 Å². The summed E-state index contributed by atoms with van der Waals surface area (Å²) in [7, 11) is 0. The van der Waals surface area contributed by atoms with Crippen molar-refractivity contribution >= 4 is 54.7 Å². The van der Waals surface area contributed by atoms with Gasteiger partial charge >= 0.3 is 18.0 Å². The van der Waals surface area contributed by atoms with Crippen molar-refractivity contribution in [3.8, 4) is 0 Å². The molecule has 4 N–H and O–H groups in total. The molecule has 0 aliphatic heterocycles. The number of hydrogen-bond acceptors (Lipinski definition) is 9. The molecule has 11 nitrogen and oxygen atoms in total. The van der Waals surface area contributed by atoms with Gasteiger partial charge in [0.2, 0.25) is 5.91 Å². The van der Waals surface area contributed by atoms with Gasteiger partial charge < -0.3 is 48.0 Å². The molecule has 0 aliphatic carbocycles. The molecule has 0 bridgehead atoms. The summed E-state index contributed by atoms with van der Waals surface area (Å²) in [6.07, 6.45) is 1.95. The summed E-state index contributed by atoms with van der Waals surface area (Å²) < 4.78 is 10.1. The van der Waals surface area contributed by atoms with Crippen molar-refractivity contribution in [2.45, 2.75) is 50.9 Å². The second kappa shape index (κ2) is 18.7. The molecule has 0 spiro atoms. The smallest absolute Gasteiger partial charge is 0.408 e. The summed E-state index contributed by atoms with van der Waals surface area (Å²) >= 11 is 6.07. The van der Waals surface area contributed by atoms with Crippen LogP contribution in [0.4, 0.5) is 4.79 Å². The number of carbonyl (C=O) groups excluding carboxylic acids is 4. The molecule has 3 atom stereocenters. The standard InChI is InChI=1S/C19H30N3O8S2.Fm.Pd/c1-5-7-29-17(27)12(6-8-32-10-14(16(25)26)20-11-23)21-15(24)13(9-31)22-18(28)30-19(2,3)4;;/h5,12-14,31H,1,6-10H2,2-4H3,(H,20,23)(H,21,24)(H,22,28)(H,25,26);;/q-1;;/p-1/t12-,13-,14-;;/m0../s1. The molecule has 0 aromatic carbocycles. The second-order valence-electron chi connectivity index (χ2n) is 7.35. The van der Waals surface area contributed by atoms with Gasteiger partial charge in [0.15, 0.2) is 0 Å². The number of amides is 3. The number of esters is 1. The molecule has 0 radical (unpaired) electrons. The third-order valence-electron chi connectivity index (χ3n) is 3.49. The Morgan fingerprint density at radius 3 is 2.26 bits per heavy atom. The van der Waals surface area contributed by atoms with E-state index in [4.69, 9.17) is 27.2 Å². The van der Waals surface area contributed by atoms with Crippen LogP contribution in [0.25, 0.3) is 0 Å². The number of hydrogen-bond donors (Lipinski definition) is 4. The first-order valence-electron chi connectivity index (χ1n) is 9.53. The van der Waals surface area contributed by atoms with Crippen LogP contribution in [0.5, 0.6) is 0 Å². The van der Waals surface area contributed by atoms with Crippen molar-refractivity contribution in [3.63, 3.8) is 0 Å². The summed E-state index contributed by atoms with van der Waals surface area (Å²) in [5.41, 5.74) is -0.773. The first-order valence-corrected chi connectivity index (χ1v) is 11.3. The summed E-state index contributed by atoms with van der Waals surface area (Å²) in [5.74, 6) is -2.52. The minimum Gasteiger partial charge on any atom is -0.790 e.